The molecule has 0 radical (unpaired) electrons. The van der Waals surface area contributed by atoms with Crippen LogP contribution in [0, 0.1) is 17.3 Å². The molecule has 6 nitrogen and oxygen atoms in total. The van der Waals surface area contributed by atoms with E-state index in [-0.39, 0.29) is 5.41 Å². The predicted octanol–water partition coefficient (Wildman–Crippen LogP) is 6.46. The Kier molecular flexibility index (Phi) is 7.60. The molecule has 6 heteroatoms. The summed E-state index contributed by atoms with van der Waals surface area (Å²) in [6, 6.07) is 7.80. The summed E-state index contributed by atoms with van der Waals surface area (Å²) in [5.41, 5.74) is 0.618. The van der Waals surface area contributed by atoms with Crippen molar-refractivity contribution in [1.82, 2.24) is 15.0 Å². The van der Waals surface area contributed by atoms with Crippen molar-refractivity contribution in [3.05, 3.63) is 35.7 Å². The van der Waals surface area contributed by atoms with Crippen LogP contribution in [0.25, 0.3) is 11.4 Å². The fraction of sp³-hybridized carbons (Fsp3) is 0.577. The van der Waals surface area contributed by atoms with Crippen molar-refractivity contribution >= 4 is 6.09 Å². The molecule has 1 fully saturated rings. The molecule has 3 rings (SSSR count). The van der Waals surface area contributed by atoms with Gasteiger partial charge in [-0.15, -0.1) is 0 Å². The van der Waals surface area contributed by atoms with Crippen molar-refractivity contribution in [2.75, 3.05) is 6.54 Å². The first-order chi connectivity index (χ1) is 15.3. The van der Waals surface area contributed by atoms with Crippen LogP contribution in [0.2, 0.25) is 0 Å². The Morgan fingerprint density at radius 3 is 2.44 bits per heavy atom. The topological polar surface area (TPSA) is 79.5 Å². The molecular weight excluding hydrogens is 402 g/mol. The minimum absolute atomic E-state index is 0.358. The molecule has 172 valence electrons. The highest BCUT2D eigenvalue weighted by Gasteiger charge is 2.60. The maximum absolute atomic E-state index is 11.7. The maximum atomic E-state index is 11.7. The van der Waals surface area contributed by atoms with Gasteiger partial charge in [-0.1, -0.05) is 76.8 Å². The van der Waals surface area contributed by atoms with E-state index in [2.05, 4.69) is 28.9 Å². The van der Waals surface area contributed by atoms with Crippen LogP contribution in [-0.4, -0.2) is 32.8 Å². The summed E-state index contributed by atoms with van der Waals surface area (Å²) in [4.78, 5) is 17.8. The zero-order valence-electron chi connectivity index (χ0n) is 19.8. The van der Waals surface area contributed by atoms with Crippen LogP contribution in [0.3, 0.4) is 0 Å². The molecular formula is C26H35N3O3. The number of carboxylic acid groups (broad SMARTS) is 1. The van der Waals surface area contributed by atoms with Gasteiger partial charge < -0.3 is 9.63 Å². The maximum Gasteiger partial charge on any atom is 0.408 e. The van der Waals surface area contributed by atoms with E-state index in [0.29, 0.717) is 24.7 Å². The van der Waals surface area contributed by atoms with Crippen LogP contribution in [0.15, 0.2) is 28.8 Å². The molecule has 1 aromatic heterocycles. The molecule has 0 unspecified atom stereocenters. The van der Waals surface area contributed by atoms with Crippen molar-refractivity contribution in [3.63, 3.8) is 0 Å². The third-order valence-electron chi connectivity index (χ3n) is 6.44. The van der Waals surface area contributed by atoms with E-state index in [1.165, 1.54) is 37.0 Å². The summed E-state index contributed by atoms with van der Waals surface area (Å²) in [6.07, 6.45) is 8.27. The van der Waals surface area contributed by atoms with Gasteiger partial charge in [-0.25, -0.2) is 4.79 Å². The lowest BCUT2D eigenvalue weighted by Gasteiger charge is -2.55. The lowest BCUT2D eigenvalue weighted by Crippen LogP contribution is -2.65. The fourth-order valence-corrected chi connectivity index (χ4v) is 4.40. The molecule has 1 aliphatic heterocycles. The standard InChI is InChI=1S/C26H35N3O3/c1-5-6-7-8-9-10-11-12-13-20-14-16-21(17-15-20)22-27-23(32-28-22)26(25(2,3)4)18-19-29(26)24(30)31/h14-17H,5-11,18-19H2,1-4H3,(H,30,31)/t26-/m1/s1. The van der Waals surface area contributed by atoms with Crippen LogP contribution in [0.1, 0.15) is 90.5 Å². The van der Waals surface area contributed by atoms with Crippen LogP contribution in [-0.2, 0) is 5.54 Å². The molecule has 32 heavy (non-hydrogen) atoms. The highest BCUT2D eigenvalue weighted by Crippen LogP contribution is 2.52. The van der Waals surface area contributed by atoms with Gasteiger partial charge in [0, 0.05) is 24.1 Å². The molecule has 1 aliphatic rings. The second-order valence-electron chi connectivity index (χ2n) is 9.61. The Bertz CT molecular complexity index is 963. The minimum atomic E-state index is -0.963. The number of rotatable bonds is 8. The zero-order chi connectivity index (χ0) is 23.2. The molecule has 2 heterocycles. The average molecular weight is 438 g/mol. The first-order valence-electron chi connectivity index (χ1n) is 11.7. The molecule has 0 spiro atoms. The molecule has 0 aliphatic carbocycles. The molecule has 2 aromatic rings. The van der Waals surface area contributed by atoms with Crippen molar-refractivity contribution in [1.29, 1.82) is 0 Å². The Morgan fingerprint density at radius 1 is 1.16 bits per heavy atom. The van der Waals surface area contributed by atoms with Crippen LogP contribution in [0.5, 0.6) is 0 Å². The van der Waals surface area contributed by atoms with Gasteiger partial charge in [-0.2, -0.15) is 4.98 Å². The number of nitrogens with zero attached hydrogens (tertiary/aromatic N) is 3. The Labute approximate surface area is 191 Å². The Hall–Kier alpha value is -2.81. The van der Waals surface area contributed by atoms with Gasteiger partial charge in [-0.05, 0) is 42.5 Å². The minimum Gasteiger partial charge on any atom is -0.465 e. The quantitative estimate of drug-likeness (QED) is 0.378. The number of aromatic nitrogens is 2. The SMILES string of the molecule is CCCCCCCCC#Cc1ccc(-c2noc([C@@]3(C(C)(C)C)CCN3C(=O)O)n2)cc1. The van der Waals surface area contributed by atoms with E-state index in [9.17, 15) is 9.90 Å². The van der Waals surface area contributed by atoms with Crippen molar-refractivity contribution < 1.29 is 14.4 Å². The summed E-state index contributed by atoms with van der Waals surface area (Å²) in [5, 5.41) is 13.8. The van der Waals surface area contributed by atoms with E-state index in [4.69, 9.17) is 4.52 Å². The monoisotopic (exact) mass is 437 g/mol. The van der Waals surface area contributed by atoms with Gasteiger partial charge >= 0.3 is 6.09 Å². The molecule has 1 N–H and O–H groups in total. The van der Waals surface area contributed by atoms with E-state index in [0.717, 1.165) is 24.0 Å². The first-order valence-corrected chi connectivity index (χ1v) is 11.7. The summed E-state index contributed by atoms with van der Waals surface area (Å²) >= 11 is 0. The number of hydrogen-bond acceptors (Lipinski definition) is 4. The molecule has 1 saturated heterocycles. The van der Waals surface area contributed by atoms with Crippen LogP contribution in [0.4, 0.5) is 4.79 Å². The van der Waals surface area contributed by atoms with Crippen molar-refractivity contribution in [2.45, 2.75) is 84.6 Å². The summed E-state index contributed by atoms with van der Waals surface area (Å²) in [5.74, 6) is 7.31. The van der Waals surface area contributed by atoms with Gasteiger partial charge in [0.2, 0.25) is 5.82 Å². The van der Waals surface area contributed by atoms with E-state index < -0.39 is 11.6 Å². The number of unbranched alkanes of at least 4 members (excludes halogenated alkanes) is 6. The van der Waals surface area contributed by atoms with E-state index >= 15 is 0 Å². The summed E-state index contributed by atoms with van der Waals surface area (Å²) < 4.78 is 5.60. The summed E-state index contributed by atoms with van der Waals surface area (Å²) in [7, 11) is 0. The van der Waals surface area contributed by atoms with Crippen LogP contribution >= 0.6 is 0 Å². The highest BCUT2D eigenvalue weighted by molar-refractivity contribution is 5.68. The highest BCUT2D eigenvalue weighted by atomic mass is 16.5. The smallest absolute Gasteiger partial charge is 0.408 e. The largest absolute Gasteiger partial charge is 0.465 e. The van der Waals surface area contributed by atoms with Crippen molar-refractivity contribution in [3.8, 4) is 23.2 Å². The zero-order valence-corrected chi connectivity index (χ0v) is 19.8. The number of hydrogen-bond donors (Lipinski definition) is 1. The normalized spacial score (nSPS) is 18.1. The number of carbonyl (C=O) groups is 1. The first kappa shape index (κ1) is 23.8. The predicted molar refractivity (Wildman–Crippen MR) is 125 cm³/mol. The molecule has 0 bridgehead atoms. The molecule has 1 atom stereocenters. The Balaban J connectivity index is 1.65. The van der Waals surface area contributed by atoms with Gasteiger partial charge in [0.25, 0.3) is 5.89 Å². The number of likely N-dealkylation sites (tertiary alicyclic amines) is 1. The average Bonchev–Trinajstić information content (AvgIpc) is 3.18. The van der Waals surface area contributed by atoms with E-state index in [1.807, 2.05) is 45.0 Å². The van der Waals surface area contributed by atoms with Gasteiger partial charge in [-0.3, -0.25) is 4.90 Å². The molecule has 1 aromatic carbocycles. The van der Waals surface area contributed by atoms with Crippen molar-refractivity contribution in [2.24, 2.45) is 5.41 Å². The van der Waals surface area contributed by atoms with E-state index in [1.54, 1.807) is 0 Å². The second kappa shape index (κ2) is 10.2. The van der Waals surface area contributed by atoms with Gasteiger partial charge in [0.15, 0.2) is 0 Å². The fourth-order valence-electron chi connectivity index (χ4n) is 4.40. The third-order valence-corrected chi connectivity index (χ3v) is 6.44. The molecule has 1 amide bonds. The van der Waals surface area contributed by atoms with Crippen LogP contribution < -0.4 is 0 Å². The van der Waals surface area contributed by atoms with Gasteiger partial charge in [0.05, 0.1) is 0 Å². The second-order valence-corrected chi connectivity index (χ2v) is 9.61. The lowest BCUT2D eigenvalue weighted by atomic mass is 9.65. The molecule has 0 saturated carbocycles. The third kappa shape index (κ3) is 4.98. The lowest BCUT2D eigenvalue weighted by molar-refractivity contribution is -0.0969. The number of benzene rings is 1. The number of amides is 1. The van der Waals surface area contributed by atoms with Gasteiger partial charge in [0.1, 0.15) is 5.54 Å². The Morgan fingerprint density at radius 2 is 1.84 bits per heavy atom. The summed E-state index contributed by atoms with van der Waals surface area (Å²) in [6.45, 7) is 8.72.